The lowest BCUT2D eigenvalue weighted by Gasteiger charge is -2.27. The van der Waals surface area contributed by atoms with Crippen molar-refractivity contribution in [1.82, 2.24) is 0 Å². The van der Waals surface area contributed by atoms with Gasteiger partial charge in [-0.2, -0.15) is 0 Å². The van der Waals surface area contributed by atoms with Gasteiger partial charge in [-0.1, -0.05) is 248 Å². The summed E-state index contributed by atoms with van der Waals surface area (Å²) in [4.78, 5) is 11.1. The van der Waals surface area contributed by atoms with E-state index in [4.69, 9.17) is 18.5 Å². The molecule has 0 fully saturated rings. The predicted molar refractivity (Wildman–Crippen MR) is 289 cm³/mol. The van der Waals surface area contributed by atoms with Gasteiger partial charge in [0.25, 0.3) is 0 Å². The molecule has 6 unspecified atom stereocenters. The Kier molecular flexibility index (Phi) is 17.2. The molecule has 8 rings (SSSR count). The Balaban J connectivity index is 1.02. The third-order valence-electron chi connectivity index (χ3n) is 14.2. The van der Waals surface area contributed by atoms with Crippen LogP contribution in [0.5, 0.6) is 11.5 Å². The average molecular weight is 963 g/mol. The average Bonchev–Trinajstić information content (AvgIpc) is 3.43. The van der Waals surface area contributed by atoms with Gasteiger partial charge in [0.2, 0.25) is 0 Å². The molecule has 364 valence electrons. The largest absolute Gasteiger partial charge is 0.491 e. The highest BCUT2D eigenvalue weighted by atomic mass is 31.2. The van der Waals surface area contributed by atoms with Crippen LogP contribution in [-0.2, 0) is 13.6 Å². The van der Waals surface area contributed by atoms with E-state index in [1.165, 1.54) is 22.3 Å². The lowest BCUT2D eigenvalue weighted by molar-refractivity contribution is 0.114. The monoisotopic (exact) mass is 962 g/mol. The fourth-order valence-corrected chi connectivity index (χ4v) is 10.4. The van der Waals surface area contributed by atoms with Crippen LogP contribution in [0.2, 0.25) is 0 Å². The first-order valence-electron chi connectivity index (χ1n) is 25.0. The second-order valence-electron chi connectivity index (χ2n) is 18.7. The van der Waals surface area contributed by atoms with Crippen LogP contribution in [0.1, 0.15) is 144 Å². The van der Waals surface area contributed by atoms with Crippen molar-refractivity contribution in [2.75, 3.05) is 26.4 Å². The van der Waals surface area contributed by atoms with E-state index in [0.29, 0.717) is 0 Å². The molecule has 1 N–H and O–H groups in total. The molecule has 0 radical (unpaired) electrons. The highest BCUT2D eigenvalue weighted by Crippen LogP contribution is 2.46. The van der Waals surface area contributed by atoms with Gasteiger partial charge in [0.15, 0.2) is 0 Å². The number of rotatable bonds is 22. The zero-order chi connectivity index (χ0) is 49.7. The Morgan fingerprint density at radius 1 is 0.324 bits per heavy atom. The molecule has 8 aromatic carbocycles. The summed E-state index contributed by atoms with van der Waals surface area (Å²) in [5.74, 6) is 1.69. The van der Waals surface area contributed by atoms with E-state index >= 15 is 0 Å². The molecule has 0 aliphatic rings. The first-order valence-corrected chi connectivity index (χ1v) is 26.5. The molecule has 0 saturated heterocycles. The summed E-state index contributed by atoms with van der Waals surface area (Å²) in [5.41, 5.74) is 13.6. The normalized spacial score (nSPS) is 14.9. The quantitative estimate of drug-likeness (QED) is 0.0539. The van der Waals surface area contributed by atoms with Gasteiger partial charge in [-0.25, -0.2) is 4.57 Å². The molecule has 0 spiro atoms. The van der Waals surface area contributed by atoms with Gasteiger partial charge >= 0.3 is 7.82 Å². The van der Waals surface area contributed by atoms with Gasteiger partial charge in [0, 0.05) is 57.8 Å². The van der Waals surface area contributed by atoms with E-state index in [1.807, 2.05) is 36.4 Å². The van der Waals surface area contributed by atoms with Crippen LogP contribution in [0, 0.1) is 0 Å². The van der Waals surface area contributed by atoms with Crippen molar-refractivity contribution in [2.45, 2.75) is 77.0 Å². The maximum absolute atomic E-state index is 13.6. The number of phosphoric ester groups is 1. The van der Waals surface area contributed by atoms with Crippen LogP contribution in [0.3, 0.4) is 0 Å². The van der Waals surface area contributed by atoms with Crippen molar-refractivity contribution in [3.8, 4) is 11.5 Å². The Labute approximate surface area is 421 Å². The van der Waals surface area contributed by atoms with Crippen LogP contribution >= 0.6 is 7.82 Å². The van der Waals surface area contributed by atoms with Gasteiger partial charge in [-0.15, -0.1) is 0 Å². The summed E-state index contributed by atoms with van der Waals surface area (Å²) in [7, 11) is -4.52. The van der Waals surface area contributed by atoms with Crippen LogP contribution in [0.25, 0.3) is 0 Å². The minimum absolute atomic E-state index is 0.0140. The minimum Gasteiger partial charge on any atom is -0.491 e. The second kappa shape index (κ2) is 24.1. The lowest BCUT2D eigenvalue weighted by Crippen LogP contribution is -2.15. The van der Waals surface area contributed by atoms with Crippen molar-refractivity contribution in [3.05, 3.63) is 273 Å². The molecule has 0 amide bonds. The van der Waals surface area contributed by atoms with Gasteiger partial charge in [0.05, 0.1) is 13.2 Å². The maximum atomic E-state index is 13.6. The Morgan fingerprint density at radius 3 is 0.761 bits per heavy atom. The first-order chi connectivity index (χ1) is 34.5. The van der Waals surface area contributed by atoms with Gasteiger partial charge in [-0.3, -0.25) is 9.05 Å². The number of hydrogen-bond donors (Lipinski definition) is 1. The van der Waals surface area contributed by atoms with E-state index in [2.05, 4.69) is 211 Å². The molecular formula is C64H67O6P. The third kappa shape index (κ3) is 12.7. The maximum Gasteiger partial charge on any atom is 0.472 e. The molecule has 7 heteroatoms. The number of phosphoric acid groups is 1. The van der Waals surface area contributed by atoms with E-state index in [9.17, 15) is 9.46 Å². The summed E-state index contributed by atoms with van der Waals surface area (Å²) in [6.45, 7) is 13.0. The van der Waals surface area contributed by atoms with Gasteiger partial charge in [-0.05, 0) is 44.5 Å². The van der Waals surface area contributed by atoms with Crippen molar-refractivity contribution in [2.24, 2.45) is 0 Å². The number of hydrogen-bond acceptors (Lipinski definition) is 5. The number of ether oxygens (including phenoxy) is 2. The predicted octanol–water partition coefficient (Wildman–Crippen LogP) is 16.2. The lowest BCUT2D eigenvalue weighted by atomic mass is 9.81. The SMILES string of the molecule is CC(c1ccccc1)c1cc(C(C)c2ccccc2)c(OCCOP(=O)(O)OCCOc2c(C(C)c3ccccc3)cc(C(C)c3ccccc3)cc2C(C)c2ccccc2)c(C(C)c2ccccc2)c1. The molecule has 0 saturated carbocycles. The van der Waals surface area contributed by atoms with Crippen LogP contribution in [0.4, 0.5) is 0 Å². The van der Waals surface area contributed by atoms with E-state index in [0.717, 1.165) is 56.0 Å². The molecule has 6 nitrogen and oxygen atoms in total. The topological polar surface area (TPSA) is 74.2 Å². The molecule has 8 aromatic rings. The summed E-state index contributed by atoms with van der Waals surface area (Å²) in [6, 6.07) is 71.9. The van der Waals surface area contributed by atoms with Crippen LogP contribution < -0.4 is 9.47 Å². The molecule has 71 heavy (non-hydrogen) atoms. The van der Waals surface area contributed by atoms with Crippen molar-refractivity contribution >= 4 is 7.82 Å². The van der Waals surface area contributed by atoms with E-state index in [1.54, 1.807) is 0 Å². The molecule has 6 atom stereocenters. The molecule has 0 bridgehead atoms. The summed E-state index contributed by atoms with van der Waals surface area (Å²) >= 11 is 0. The van der Waals surface area contributed by atoms with Crippen LogP contribution in [-0.4, -0.2) is 31.3 Å². The molecule has 0 aliphatic heterocycles. The Bertz CT molecular complexity index is 2620. The molecule has 0 aliphatic carbocycles. The molecule has 0 heterocycles. The fraction of sp³-hybridized carbons (Fsp3) is 0.250. The second-order valence-corrected chi connectivity index (χ2v) is 20.1. The minimum atomic E-state index is -4.52. The highest BCUT2D eigenvalue weighted by molar-refractivity contribution is 7.47. The van der Waals surface area contributed by atoms with Crippen molar-refractivity contribution < 1.29 is 28.0 Å². The Hall–Kier alpha value is -6.53. The van der Waals surface area contributed by atoms with Gasteiger partial charge in [0.1, 0.15) is 24.7 Å². The molecular weight excluding hydrogens is 896 g/mol. The smallest absolute Gasteiger partial charge is 0.472 e. The summed E-state index contributed by atoms with van der Waals surface area (Å²) in [5, 5.41) is 0. The fourth-order valence-electron chi connectivity index (χ4n) is 9.70. The van der Waals surface area contributed by atoms with Crippen molar-refractivity contribution in [1.29, 1.82) is 0 Å². The van der Waals surface area contributed by atoms with E-state index < -0.39 is 7.82 Å². The first kappa shape index (κ1) is 50.8. The standard InChI is InChI=1S/C64H67O6P/c1-45(51-25-13-7-14-26-51)57-41-59(47(3)53-29-17-9-18-30-53)63(60(42-57)48(4)54-31-19-10-20-32-54)67-37-39-69-71(65,66)70-40-38-68-64-61(49(5)55-33-21-11-22-34-55)43-58(46(2)52-27-15-8-16-28-52)44-62(64)50(6)56-35-23-12-24-36-56/h7-36,41-50H,37-40H2,1-6H3,(H,65,66). The number of benzene rings is 8. The third-order valence-corrected chi connectivity index (χ3v) is 15.2. The highest BCUT2D eigenvalue weighted by Gasteiger charge is 2.28. The Morgan fingerprint density at radius 2 is 0.535 bits per heavy atom. The zero-order valence-corrected chi connectivity index (χ0v) is 42.8. The van der Waals surface area contributed by atoms with Crippen molar-refractivity contribution in [3.63, 3.8) is 0 Å². The van der Waals surface area contributed by atoms with E-state index in [-0.39, 0.29) is 61.9 Å². The van der Waals surface area contributed by atoms with Gasteiger partial charge < -0.3 is 14.4 Å². The summed E-state index contributed by atoms with van der Waals surface area (Å²) < 4.78 is 38.3. The molecule has 0 aromatic heterocycles. The van der Waals surface area contributed by atoms with Crippen LogP contribution in [0.15, 0.2) is 206 Å². The summed E-state index contributed by atoms with van der Waals surface area (Å²) in [6.07, 6.45) is 0. The zero-order valence-electron chi connectivity index (χ0n) is 41.9.